The van der Waals surface area contributed by atoms with Gasteiger partial charge in [-0.25, -0.2) is 0 Å². The first-order valence-electron chi connectivity index (χ1n) is 9.63. The quantitative estimate of drug-likeness (QED) is 0.618. The monoisotopic (exact) mass is 474 g/mol. The molecule has 0 aromatic heterocycles. The summed E-state index contributed by atoms with van der Waals surface area (Å²) in [7, 11) is 0. The molecule has 0 aliphatic carbocycles. The summed E-state index contributed by atoms with van der Waals surface area (Å²) in [5, 5.41) is 2.72. The Kier molecular flexibility index (Phi) is 7.10. The molecule has 30 heavy (non-hydrogen) atoms. The van der Waals surface area contributed by atoms with Crippen LogP contribution in [0.15, 0.2) is 46.9 Å². The molecule has 0 radical (unpaired) electrons. The number of nitrogens with zero attached hydrogens (tertiary/aromatic N) is 1. The molecule has 0 bridgehead atoms. The molecule has 1 unspecified atom stereocenters. The molecule has 1 aliphatic rings. The predicted octanol–water partition coefficient (Wildman–Crippen LogP) is 3.69. The van der Waals surface area contributed by atoms with E-state index in [2.05, 4.69) is 21.2 Å². The number of ether oxygens (including phenoxy) is 2. The number of anilines is 2. The van der Waals surface area contributed by atoms with Crippen molar-refractivity contribution in [3.8, 4) is 5.75 Å². The number of hydrogen-bond acceptors (Lipinski definition) is 5. The average Bonchev–Trinajstić information content (AvgIpc) is 3.11. The zero-order valence-corrected chi connectivity index (χ0v) is 18.4. The van der Waals surface area contributed by atoms with E-state index in [-0.39, 0.29) is 18.9 Å². The van der Waals surface area contributed by atoms with Crippen molar-refractivity contribution in [2.75, 3.05) is 30.0 Å². The highest BCUT2D eigenvalue weighted by Crippen LogP contribution is 2.27. The Balaban J connectivity index is 1.52. The van der Waals surface area contributed by atoms with Gasteiger partial charge in [-0.3, -0.25) is 14.4 Å². The summed E-state index contributed by atoms with van der Waals surface area (Å²) < 4.78 is 11.5. The summed E-state index contributed by atoms with van der Waals surface area (Å²) in [5.41, 5.74) is 2.23. The molecule has 1 heterocycles. The van der Waals surface area contributed by atoms with E-state index in [1.165, 1.54) is 0 Å². The van der Waals surface area contributed by atoms with Gasteiger partial charge in [0.15, 0.2) is 6.61 Å². The van der Waals surface area contributed by atoms with Crippen LogP contribution in [-0.2, 0) is 19.1 Å². The van der Waals surface area contributed by atoms with Gasteiger partial charge >= 0.3 is 5.97 Å². The van der Waals surface area contributed by atoms with Crippen molar-refractivity contribution in [1.29, 1.82) is 0 Å². The van der Waals surface area contributed by atoms with Crippen molar-refractivity contribution in [2.24, 2.45) is 5.92 Å². The van der Waals surface area contributed by atoms with E-state index in [0.717, 1.165) is 15.8 Å². The van der Waals surface area contributed by atoms with Crippen molar-refractivity contribution >= 4 is 45.1 Å². The van der Waals surface area contributed by atoms with Gasteiger partial charge in [0.05, 0.1) is 12.5 Å². The van der Waals surface area contributed by atoms with Crippen LogP contribution < -0.4 is 15.0 Å². The average molecular weight is 475 g/mol. The Morgan fingerprint density at radius 1 is 1.20 bits per heavy atom. The minimum absolute atomic E-state index is 0.0550. The van der Waals surface area contributed by atoms with Gasteiger partial charge in [-0.2, -0.15) is 0 Å². The van der Waals surface area contributed by atoms with Crippen LogP contribution in [0.2, 0.25) is 0 Å². The van der Waals surface area contributed by atoms with E-state index < -0.39 is 24.4 Å². The molecule has 1 N–H and O–H groups in total. The second-order valence-electron chi connectivity index (χ2n) is 6.95. The van der Waals surface area contributed by atoms with Crippen molar-refractivity contribution in [2.45, 2.75) is 20.3 Å². The van der Waals surface area contributed by atoms with E-state index in [0.29, 0.717) is 18.0 Å². The maximum atomic E-state index is 12.4. The highest BCUT2D eigenvalue weighted by Gasteiger charge is 2.36. The summed E-state index contributed by atoms with van der Waals surface area (Å²) in [5.74, 6) is -1.03. The van der Waals surface area contributed by atoms with Gasteiger partial charge in [0.25, 0.3) is 5.91 Å². The largest absolute Gasteiger partial charge is 0.494 e. The maximum absolute atomic E-state index is 12.4. The highest BCUT2D eigenvalue weighted by atomic mass is 79.9. The number of halogens is 1. The van der Waals surface area contributed by atoms with Crippen LogP contribution in [-0.4, -0.2) is 37.5 Å². The summed E-state index contributed by atoms with van der Waals surface area (Å²) in [6.45, 7) is 4.15. The second-order valence-corrected chi connectivity index (χ2v) is 7.86. The second kappa shape index (κ2) is 9.75. The SMILES string of the molecule is CCOc1ccc(N2CC(C(=O)OCC(=O)Nc3ccc(Br)cc3C)CC2=O)cc1. The van der Waals surface area contributed by atoms with Crippen LogP contribution in [0.4, 0.5) is 11.4 Å². The lowest BCUT2D eigenvalue weighted by Crippen LogP contribution is -2.28. The fourth-order valence-corrected chi connectivity index (χ4v) is 3.69. The molecule has 7 nitrogen and oxygen atoms in total. The van der Waals surface area contributed by atoms with Crippen molar-refractivity contribution in [3.05, 3.63) is 52.5 Å². The summed E-state index contributed by atoms with van der Waals surface area (Å²) in [4.78, 5) is 38.4. The minimum atomic E-state index is -0.605. The molecule has 158 valence electrons. The molecular formula is C22H23BrN2O5. The zero-order valence-electron chi connectivity index (χ0n) is 16.8. The first-order chi connectivity index (χ1) is 14.4. The van der Waals surface area contributed by atoms with E-state index in [9.17, 15) is 14.4 Å². The normalized spacial score (nSPS) is 15.8. The zero-order chi connectivity index (χ0) is 21.7. The number of hydrogen-bond donors (Lipinski definition) is 1. The van der Waals surface area contributed by atoms with Crippen molar-refractivity contribution < 1.29 is 23.9 Å². The number of carbonyl (C=O) groups is 3. The third-order valence-electron chi connectivity index (χ3n) is 4.73. The summed E-state index contributed by atoms with van der Waals surface area (Å²) in [6.07, 6.45) is 0.0550. The minimum Gasteiger partial charge on any atom is -0.494 e. The van der Waals surface area contributed by atoms with Gasteiger partial charge in [-0.1, -0.05) is 15.9 Å². The van der Waals surface area contributed by atoms with Gasteiger partial charge in [-0.15, -0.1) is 0 Å². The maximum Gasteiger partial charge on any atom is 0.311 e. The van der Waals surface area contributed by atoms with Gasteiger partial charge in [0, 0.05) is 28.8 Å². The summed E-state index contributed by atoms with van der Waals surface area (Å²) >= 11 is 3.37. The van der Waals surface area contributed by atoms with Gasteiger partial charge in [-0.05, 0) is 61.9 Å². The van der Waals surface area contributed by atoms with Crippen LogP contribution in [0.3, 0.4) is 0 Å². The number of rotatable bonds is 7. The molecule has 1 atom stereocenters. The molecular weight excluding hydrogens is 452 g/mol. The van der Waals surface area contributed by atoms with Crippen LogP contribution in [0.5, 0.6) is 5.75 Å². The van der Waals surface area contributed by atoms with E-state index >= 15 is 0 Å². The van der Waals surface area contributed by atoms with Gasteiger partial charge < -0.3 is 19.7 Å². The first kappa shape index (κ1) is 21.8. The van der Waals surface area contributed by atoms with Gasteiger partial charge in [0.1, 0.15) is 5.75 Å². The number of benzene rings is 2. The molecule has 0 spiro atoms. The van der Waals surface area contributed by atoms with Crippen LogP contribution >= 0.6 is 15.9 Å². The number of nitrogens with one attached hydrogen (secondary N) is 1. The predicted molar refractivity (Wildman–Crippen MR) is 117 cm³/mol. The number of amides is 2. The molecule has 2 aromatic rings. The number of carbonyl (C=O) groups excluding carboxylic acids is 3. The first-order valence-corrected chi connectivity index (χ1v) is 10.4. The smallest absolute Gasteiger partial charge is 0.311 e. The van der Waals surface area contributed by atoms with Crippen LogP contribution in [0, 0.1) is 12.8 Å². The van der Waals surface area contributed by atoms with E-state index in [4.69, 9.17) is 9.47 Å². The molecule has 1 aliphatic heterocycles. The van der Waals surface area contributed by atoms with Crippen LogP contribution in [0.25, 0.3) is 0 Å². The highest BCUT2D eigenvalue weighted by molar-refractivity contribution is 9.10. The lowest BCUT2D eigenvalue weighted by atomic mass is 10.1. The Morgan fingerprint density at radius 3 is 2.60 bits per heavy atom. The molecule has 3 rings (SSSR count). The van der Waals surface area contributed by atoms with E-state index in [1.54, 1.807) is 35.2 Å². The van der Waals surface area contributed by atoms with Gasteiger partial charge in [0.2, 0.25) is 5.91 Å². The molecule has 2 amide bonds. The molecule has 1 fully saturated rings. The Labute approximate surface area is 183 Å². The Hall–Kier alpha value is -2.87. The third-order valence-corrected chi connectivity index (χ3v) is 5.22. The van der Waals surface area contributed by atoms with E-state index in [1.807, 2.05) is 26.0 Å². The van der Waals surface area contributed by atoms with Crippen molar-refractivity contribution in [1.82, 2.24) is 0 Å². The lowest BCUT2D eigenvalue weighted by Gasteiger charge is -2.17. The fraction of sp³-hybridized carbons (Fsp3) is 0.318. The van der Waals surface area contributed by atoms with Crippen molar-refractivity contribution in [3.63, 3.8) is 0 Å². The Bertz CT molecular complexity index is 945. The summed E-state index contributed by atoms with van der Waals surface area (Å²) in [6, 6.07) is 12.6. The molecule has 1 saturated heterocycles. The third kappa shape index (κ3) is 5.38. The Morgan fingerprint density at radius 2 is 1.93 bits per heavy atom. The standard InChI is InChI=1S/C22H23BrN2O5/c1-3-29-18-7-5-17(6-8-18)25-12-15(11-21(25)27)22(28)30-13-20(26)24-19-9-4-16(23)10-14(19)2/h4-10,15H,3,11-13H2,1-2H3,(H,24,26). The lowest BCUT2D eigenvalue weighted by molar-refractivity contribution is -0.151. The van der Waals surface area contributed by atoms with Crippen LogP contribution in [0.1, 0.15) is 18.9 Å². The topological polar surface area (TPSA) is 84.9 Å². The molecule has 8 heteroatoms. The fourth-order valence-electron chi connectivity index (χ4n) is 3.21. The number of aryl methyl sites for hydroxylation is 1. The molecule has 0 saturated carbocycles. The molecule has 2 aromatic carbocycles. The number of esters is 1.